The van der Waals surface area contributed by atoms with Crippen LogP contribution >= 0.6 is 0 Å². The average Bonchev–Trinajstić information content (AvgIpc) is 1.85. The molecule has 61 valence electrons. The Morgan fingerprint density at radius 1 is 1.17 bits per heavy atom. The molecule has 0 aliphatic heterocycles. The molecular formula is C4H8N6NaO. The summed E-state index contributed by atoms with van der Waals surface area (Å²) in [6.45, 7) is -0.275. The molecule has 0 atom stereocenters. The molecule has 0 aromatic carbocycles. The summed E-state index contributed by atoms with van der Waals surface area (Å²) in [5.74, 6) is 0.208. The second-order valence-electron chi connectivity index (χ2n) is 1.71. The number of hydrogen-bond donors (Lipinski definition) is 4. The molecule has 0 saturated heterocycles. The SMILES string of the molecule is Nc1nc(N)nc(NCO)n1.[Na]. The zero-order chi connectivity index (χ0) is 8.27. The summed E-state index contributed by atoms with van der Waals surface area (Å²) in [5, 5.41) is 10.8. The molecule has 0 saturated carbocycles. The number of aromatic nitrogens is 3. The van der Waals surface area contributed by atoms with Crippen LogP contribution in [0.3, 0.4) is 0 Å². The largest absolute Gasteiger partial charge is 0.376 e. The summed E-state index contributed by atoms with van der Waals surface area (Å²) < 4.78 is 0. The van der Waals surface area contributed by atoms with Crippen molar-refractivity contribution in [3.05, 3.63) is 0 Å². The van der Waals surface area contributed by atoms with Crippen molar-refractivity contribution in [2.75, 3.05) is 23.5 Å². The van der Waals surface area contributed by atoms with Crippen molar-refractivity contribution >= 4 is 47.4 Å². The minimum absolute atomic E-state index is 0. The van der Waals surface area contributed by atoms with Gasteiger partial charge >= 0.3 is 0 Å². The summed E-state index contributed by atoms with van der Waals surface area (Å²) >= 11 is 0. The van der Waals surface area contributed by atoms with E-state index in [1.807, 2.05) is 0 Å². The van der Waals surface area contributed by atoms with Crippen LogP contribution in [0, 0.1) is 0 Å². The standard InChI is InChI=1S/C4H8N6O.Na/c5-2-8-3(6)10-4(9-2)7-1-11;/h11H,1H2,(H5,5,6,7,8,9,10);. The van der Waals surface area contributed by atoms with Gasteiger partial charge in [0, 0.05) is 29.6 Å². The van der Waals surface area contributed by atoms with Gasteiger partial charge in [0.05, 0.1) is 0 Å². The topological polar surface area (TPSA) is 123 Å². The van der Waals surface area contributed by atoms with E-state index in [9.17, 15) is 0 Å². The van der Waals surface area contributed by atoms with Crippen LogP contribution in [-0.2, 0) is 0 Å². The van der Waals surface area contributed by atoms with Crippen LogP contribution in [0.1, 0.15) is 0 Å². The maximum atomic E-state index is 8.41. The zero-order valence-electron chi connectivity index (χ0n) is 6.65. The Bertz CT molecular complexity index is 235. The number of nitrogens with one attached hydrogen (secondary N) is 1. The van der Waals surface area contributed by atoms with Crippen LogP contribution in [0.5, 0.6) is 0 Å². The van der Waals surface area contributed by atoms with Gasteiger partial charge in [-0.1, -0.05) is 0 Å². The number of aliphatic hydroxyl groups is 1. The molecule has 0 fully saturated rings. The van der Waals surface area contributed by atoms with Crippen LogP contribution in [-0.4, -0.2) is 56.3 Å². The van der Waals surface area contributed by atoms with E-state index in [1.165, 1.54) is 0 Å². The first kappa shape index (κ1) is 11.4. The number of aliphatic hydroxyl groups excluding tert-OH is 1. The maximum Gasteiger partial charge on any atom is 0.231 e. The van der Waals surface area contributed by atoms with Crippen LogP contribution in [0.25, 0.3) is 0 Å². The Morgan fingerprint density at radius 3 is 2.08 bits per heavy atom. The van der Waals surface area contributed by atoms with E-state index in [0.717, 1.165) is 0 Å². The van der Waals surface area contributed by atoms with Crippen molar-refractivity contribution in [2.45, 2.75) is 0 Å². The van der Waals surface area contributed by atoms with Gasteiger partial charge < -0.3 is 21.9 Å². The summed E-state index contributed by atoms with van der Waals surface area (Å²) in [6, 6.07) is 0. The Balaban J connectivity index is 0.00000121. The van der Waals surface area contributed by atoms with E-state index >= 15 is 0 Å². The molecular weight excluding hydrogens is 171 g/mol. The number of nitrogens with zero attached hydrogens (tertiary/aromatic N) is 3. The molecule has 1 aromatic rings. The van der Waals surface area contributed by atoms with E-state index < -0.39 is 0 Å². The number of nitrogens with two attached hydrogens (primary N) is 2. The first-order chi connectivity index (χ1) is 5.22. The number of hydrogen-bond acceptors (Lipinski definition) is 7. The first-order valence-electron chi connectivity index (χ1n) is 2.84. The molecule has 0 spiro atoms. The predicted octanol–water partition coefficient (Wildman–Crippen LogP) is -1.98. The van der Waals surface area contributed by atoms with Crippen molar-refractivity contribution in [1.82, 2.24) is 15.0 Å². The monoisotopic (exact) mass is 179 g/mol. The van der Waals surface area contributed by atoms with Crippen LogP contribution in [0.15, 0.2) is 0 Å². The van der Waals surface area contributed by atoms with Crippen molar-refractivity contribution in [1.29, 1.82) is 0 Å². The summed E-state index contributed by atoms with van der Waals surface area (Å²) in [4.78, 5) is 10.8. The summed E-state index contributed by atoms with van der Waals surface area (Å²) in [7, 11) is 0. The smallest absolute Gasteiger partial charge is 0.231 e. The fourth-order valence-electron chi connectivity index (χ4n) is 0.559. The minimum Gasteiger partial charge on any atom is -0.376 e. The molecule has 12 heavy (non-hydrogen) atoms. The first-order valence-corrected chi connectivity index (χ1v) is 2.84. The summed E-state index contributed by atoms with van der Waals surface area (Å²) in [5.41, 5.74) is 10.5. The molecule has 1 rings (SSSR count). The molecule has 0 aliphatic carbocycles. The molecule has 1 heterocycles. The number of rotatable bonds is 2. The second-order valence-corrected chi connectivity index (χ2v) is 1.71. The Labute approximate surface area is 90.9 Å². The third-order valence-electron chi connectivity index (χ3n) is 0.907. The second kappa shape index (κ2) is 5.09. The molecule has 1 radical (unpaired) electrons. The molecule has 7 nitrogen and oxygen atoms in total. The molecule has 0 bridgehead atoms. The summed E-state index contributed by atoms with van der Waals surface area (Å²) in [6.07, 6.45) is 0. The van der Waals surface area contributed by atoms with Crippen molar-refractivity contribution in [2.24, 2.45) is 0 Å². The minimum atomic E-state index is -0.275. The molecule has 0 amide bonds. The van der Waals surface area contributed by atoms with Gasteiger partial charge in [-0.25, -0.2) is 0 Å². The van der Waals surface area contributed by atoms with Gasteiger partial charge in [0.2, 0.25) is 17.8 Å². The van der Waals surface area contributed by atoms with Crippen LogP contribution < -0.4 is 16.8 Å². The van der Waals surface area contributed by atoms with Crippen molar-refractivity contribution in [3.63, 3.8) is 0 Å². The predicted molar refractivity (Wildman–Crippen MR) is 45.1 cm³/mol. The fraction of sp³-hybridized carbons (Fsp3) is 0.250. The molecule has 1 aromatic heterocycles. The van der Waals surface area contributed by atoms with Gasteiger partial charge in [0.15, 0.2) is 0 Å². The van der Waals surface area contributed by atoms with Gasteiger partial charge in [0.1, 0.15) is 6.73 Å². The quantitative estimate of drug-likeness (QED) is 0.306. The van der Waals surface area contributed by atoms with Crippen LogP contribution in [0.2, 0.25) is 0 Å². The number of nitrogen functional groups attached to an aromatic ring is 2. The molecule has 0 unspecified atom stereocenters. The third-order valence-corrected chi connectivity index (χ3v) is 0.907. The third kappa shape index (κ3) is 3.18. The maximum absolute atomic E-state index is 8.41. The van der Waals surface area contributed by atoms with E-state index in [4.69, 9.17) is 16.6 Å². The Morgan fingerprint density at radius 2 is 1.67 bits per heavy atom. The Kier molecular flexibility index (Phi) is 4.83. The van der Waals surface area contributed by atoms with Crippen LogP contribution in [0.4, 0.5) is 17.8 Å². The van der Waals surface area contributed by atoms with E-state index in [1.54, 1.807) is 0 Å². The Hall–Kier alpha value is -0.630. The fourth-order valence-corrected chi connectivity index (χ4v) is 0.559. The normalized spacial score (nSPS) is 8.75. The number of anilines is 3. The zero-order valence-corrected chi connectivity index (χ0v) is 8.65. The van der Waals surface area contributed by atoms with E-state index in [2.05, 4.69) is 20.3 Å². The van der Waals surface area contributed by atoms with Gasteiger partial charge in [-0.15, -0.1) is 0 Å². The van der Waals surface area contributed by atoms with Crippen molar-refractivity contribution < 1.29 is 5.11 Å². The molecule has 6 N–H and O–H groups in total. The average molecular weight is 179 g/mol. The van der Waals surface area contributed by atoms with Crippen molar-refractivity contribution in [3.8, 4) is 0 Å². The van der Waals surface area contributed by atoms with Gasteiger partial charge in [-0.3, -0.25) is 0 Å². The van der Waals surface area contributed by atoms with Gasteiger partial charge in [-0.05, 0) is 0 Å². The van der Waals surface area contributed by atoms with E-state index in [-0.39, 0.29) is 54.1 Å². The van der Waals surface area contributed by atoms with Gasteiger partial charge in [0.25, 0.3) is 0 Å². The van der Waals surface area contributed by atoms with E-state index in [0.29, 0.717) is 0 Å². The molecule has 8 heteroatoms. The van der Waals surface area contributed by atoms with Gasteiger partial charge in [-0.2, -0.15) is 15.0 Å². The molecule has 0 aliphatic rings.